The average molecular weight is 587 g/mol. The molecule has 3 amide bonds. The topological polar surface area (TPSA) is 115 Å². The van der Waals surface area contributed by atoms with Crippen LogP contribution < -0.4 is 26.6 Å². The Morgan fingerprint density at radius 3 is 1.35 bits per heavy atom. The van der Waals surface area contributed by atoms with Gasteiger partial charge in [0.1, 0.15) is 0 Å². The lowest BCUT2D eigenvalue weighted by Gasteiger charge is -2.23. The molecular weight excluding hydrogens is 540 g/mol. The van der Waals surface area contributed by atoms with Crippen molar-refractivity contribution in [2.45, 2.75) is 38.9 Å². The molecule has 230 valence electrons. The van der Waals surface area contributed by atoms with E-state index in [2.05, 4.69) is 26.6 Å². The van der Waals surface area contributed by atoms with Crippen LogP contribution in [-0.4, -0.2) is 68.4 Å². The number of hydrogen-bond donors (Lipinski definition) is 5. The average Bonchev–Trinajstić information content (AvgIpc) is 3.03. The molecule has 0 radical (unpaired) electrons. The van der Waals surface area contributed by atoms with Crippen LogP contribution in [0.2, 0.25) is 0 Å². The number of amides is 3. The Hall–Kier alpha value is -4.05. The van der Waals surface area contributed by atoms with E-state index in [9.17, 15) is 14.4 Å². The Kier molecular flexibility index (Phi) is 16.2. The highest BCUT2D eigenvalue weighted by atomic mass is 16.2. The van der Waals surface area contributed by atoms with Crippen molar-refractivity contribution in [3.63, 3.8) is 0 Å². The highest BCUT2D eigenvalue weighted by Gasteiger charge is 2.13. The van der Waals surface area contributed by atoms with Gasteiger partial charge in [-0.2, -0.15) is 0 Å². The highest BCUT2D eigenvalue weighted by molar-refractivity contribution is 5.79. The summed E-state index contributed by atoms with van der Waals surface area (Å²) in [6.45, 7) is 4.87. The lowest BCUT2D eigenvalue weighted by atomic mass is 10.2. The fourth-order valence-corrected chi connectivity index (χ4v) is 4.49. The van der Waals surface area contributed by atoms with Gasteiger partial charge in [0, 0.05) is 45.8 Å². The van der Waals surface area contributed by atoms with E-state index in [0.717, 1.165) is 29.5 Å². The van der Waals surface area contributed by atoms with Gasteiger partial charge < -0.3 is 31.5 Å². The number of nitrogens with zero attached hydrogens (tertiary/aromatic N) is 1. The number of unbranched alkanes of at least 4 members (excludes halogenated alkanes) is 1. The van der Waals surface area contributed by atoms with Gasteiger partial charge in [0.05, 0.1) is 19.6 Å². The van der Waals surface area contributed by atoms with E-state index in [1.807, 2.05) is 95.9 Å². The normalized spacial score (nSPS) is 10.7. The Labute approximate surface area is 255 Å². The van der Waals surface area contributed by atoms with Crippen molar-refractivity contribution in [2.75, 3.05) is 45.8 Å². The molecule has 5 N–H and O–H groups in total. The minimum atomic E-state index is -0.0627. The first-order chi connectivity index (χ1) is 21.1. The Balaban J connectivity index is 1.32. The number of hydrogen-bond acceptors (Lipinski definition) is 6. The van der Waals surface area contributed by atoms with Gasteiger partial charge in [-0.15, -0.1) is 0 Å². The minimum absolute atomic E-state index is 0.0286. The van der Waals surface area contributed by atoms with Gasteiger partial charge in [0.15, 0.2) is 0 Å². The van der Waals surface area contributed by atoms with E-state index < -0.39 is 0 Å². The molecule has 0 aromatic heterocycles. The molecular formula is C34H46N6O3. The maximum absolute atomic E-state index is 13.0. The van der Waals surface area contributed by atoms with Crippen LogP contribution in [0.1, 0.15) is 36.0 Å². The van der Waals surface area contributed by atoms with Crippen molar-refractivity contribution in [2.24, 2.45) is 0 Å². The van der Waals surface area contributed by atoms with Gasteiger partial charge >= 0.3 is 0 Å². The molecule has 0 aliphatic carbocycles. The van der Waals surface area contributed by atoms with Crippen LogP contribution in [-0.2, 0) is 34.0 Å². The molecule has 9 heteroatoms. The lowest BCUT2D eigenvalue weighted by Crippen LogP contribution is -2.41. The summed E-state index contributed by atoms with van der Waals surface area (Å²) >= 11 is 0. The molecule has 3 aromatic carbocycles. The Morgan fingerprint density at radius 1 is 0.488 bits per heavy atom. The van der Waals surface area contributed by atoms with Gasteiger partial charge in [-0.25, -0.2) is 0 Å². The first-order valence-electron chi connectivity index (χ1n) is 15.2. The first-order valence-corrected chi connectivity index (χ1v) is 15.2. The van der Waals surface area contributed by atoms with E-state index >= 15 is 0 Å². The minimum Gasteiger partial charge on any atom is -0.355 e. The number of nitrogens with one attached hydrogen (secondary N) is 5. The molecule has 0 bridgehead atoms. The Bertz CT molecular complexity index is 1190. The summed E-state index contributed by atoms with van der Waals surface area (Å²) in [5, 5.41) is 15.4. The van der Waals surface area contributed by atoms with E-state index in [-0.39, 0.29) is 37.4 Å². The SMILES string of the molecule is O=C(CNCc1ccccc1)NCCCCN(CCCNC(=O)CNCc1ccccc1)C(=O)CNCc1ccccc1. The maximum atomic E-state index is 13.0. The summed E-state index contributed by atoms with van der Waals surface area (Å²) in [6.07, 6.45) is 2.21. The van der Waals surface area contributed by atoms with Crippen LogP contribution in [0.5, 0.6) is 0 Å². The van der Waals surface area contributed by atoms with Crippen molar-refractivity contribution in [3.8, 4) is 0 Å². The standard InChI is InChI=1S/C34H46N6O3/c41-32(26-35-23-29-13-4-1-5-14-29)38-19-10-11-21-40(34(43)28-37-25-31-17-8-3-9-18-31)22-12-20-39-33(42)27-36-24-30-15-6-2-7-16-30/h1-9,13-18,35-37H,10-12,19-28H2,(H,38,41)(H,39,42). The largest absolute Gasteiger partial charge is 0.355 e. The number of carbonyl (C=O) groups excluding carboxylic acids is 3. The zero-order valence-corrected chi connectivity index (χ0v) is 25.0. The predicted octanol–water partition coefficient (Wildman–Crippen LogP) is 2.59. The molecule has 0 aliphatic rings. The first kappa shape index (κ1) is 33.5. The molecule has 0 spiro atoms. The van der Waals surface area contributed by atoms with E-state index in [1.54, 1.807) is 0 Å². The quantitative estimate of drug-likeness (QED) is 0.123. The van der Waals surface area contributed by atoms with Crippen molar-refractivity contribution >= 4 is 17.7 Å². The van der Waals surface area contributed by atoms with Crippen LogP contribution in [0.25, 0.3) is 0 Å². The van der Waals surface area contributed by atoms with E-state index in [4.69, 9.17) is 0 Å². The summed E-state index contributed by atoms with van der Waals surface area (Å²) in [5.41, 5.74) is 3.39. The van der Waals surface area contributed by atoms with Crippen molar-refractivity contribution < 1.29 is 14.4 Å². The molecule has 0 saturated heterocycles. The zero-order valence-electron chi connectivity index (χ0n) is 25.0. The molecule has 0 heterocycles. The molecule has 43 heavy (non-hydrogen) atoms. The smallest absolute Gasteiger partial charge is 0.236 e. The number of rotatable bonds is 21. The monoisotopic (exact) mass is 586 g/mol. The molecule has 0 aliphatic heterocycles. The van der Waals surface area contributed by atoms with Crippen LogP contribution in [0, 0.1) is 0 Å². The molecule has 0 saturated carbocycles. The maximum Gasteiger partial charge on any atom is 0.236 e. The van der Waals surface area contributed by atoms with Gasteiger partial charge in [-0.05, 0) is 36.0 Å². The van der Waals surface area contributed by atoms with Crippen molar-refractivity contribution in [1.82, 2.24) is 31.5 Å². The number of carbonyl (C=O) groups is 3. The second kappa shape index (κ2) is 20.8. The fourth-order valence-electron chi connectivity index (χ4n) is 4.49. The van der Waals surface area contributed by atoms with Crippen LogP contribution in [0.4, 0.5) is 0 Å². The van der Waals surface area contributed by atoms with Gasteiger partial charge in [-0.1, -0.05) is 91.0 Å². The van der Waals surface area contributed by atoms with Crippen LogP contribution >= 0.6 is 0 Å². The Morgan fingerprint density at radius 2 is 0.884 bits per heavy atom. The van der Waals surface area contributed by atoms with Crippen LogP contribution in [0.3, 0.4) is 0 Å². The van der Waals surface area contributed by atoms with Crippen molar-refractivity contribution in [1.29, 1.82) is 0 Å². The molecule has 0 atom stereocenters. The fraction of sp³-hybridized carbons (Fsp3) is 0.382. The number of benzene rings is 3. The molecule has 3 rings (SSSR count). The molecule has 0 fully saturated rings. The van der Waals surface area contributed by atoms with Crippen LogP contribution in [0.15, 0.2) is 91.0 Å². The zero-order chi connectivity index (χ0) is 30.4. The highest BCUT2D eigenvalue weighted by Crippen LogP contribution is 2.01. The summed E-state index contributed by atoms with van der Waals surface area (Å²) < 4.78 is 0. The molecule has 3 aromatic rings. The van der Waals surface area contributed by atoms with Gasteiger partial charge in [0.2, 0.25) is 17.7 Å². The third-order valence-corrected chi connectivity index (χ3v) is 6.82. The third kappa shape index (κ3) is 15.1. The van der Waals surface area contributed by atoms with Crippen molar-refractivity contribution in [3.05, 3.63) is 108 Å². The molecule has 0 unspecified atom stereocenters. The van der Waals surface area contributed by atoms with E-state index in [1.165, 1.54) is 0 Å². The molecule has 9 nitrogen and oxygen atoms in total. The summed E-state index contributed by atoms with van der Waals surface area (Å²) in [7, 11) is 0. The predicted molar refractivity (Wildman–Crippen MR) is 171 cm³/mol. The second-order valence-electron chi connectivity index (χ2n) is 10.4. The summed E-state index contributed by atoms with van der Waals surface area (Å²) in [4.78, 5) is 39.3. The summed E-state index contributed by atoms with van der Waals surface area (Å²) in [5.74, 6) is -0.0729. The van der Waals surface area contributed by atoms with E-state index in [0.29, 0.717) is 52.2 Å². The second-order valence-corrected chi connectivity index (χ2v) is 10.4. The van der Waals surface area contributed by atoms with Gasteiger partial charge in [-0.3, -0.25) is 14.4 Å². The summed E-state index contributed by atoms with van der Waals surface area (Å²) in [6, 6.07) is 29.9. The van der Waals surface area contributed by atoms with Gasteiger partial charge in [0.25, 0.3) is 0 Å². The third-order valence-electron chi connectivity index (χ3n) is 6.82. The lowest BCUT2D eigenvalue weighted by molar-refractivity contribution is -0.130.